The maximum absolute atomic E-state index is 10.1. The maximum Gasteiger partial charge on any atom is 0.298 e. The highest BCUT2D eigenvalue weighted by Crippen LogP contribution is 2.14. The normalized spacial score (nSPS) is 9.62. The van der Waals surface area contributed by atoms with Crippen molar-refractivity contribution >= 4 is 6.47 Å². The lowest BCUT2D eigenvalue weighted by atomic mass is 10.1. The molecule has 1 aromatic rings. The fourth-order valence-electron chi connectivity index (χ4n) is 1.21. The Hall–Kier alpha value is -1.31. The highest BCUT2D eigenvalue weighted by molar-refractivity contribution is 5.45. The summed E-state index contributed by atoms with van der Waals surface area (Å²) in [6.45, 7) is 2.62. The average molecular weight is 178 g/mol. The molecule has 0 saturated heterocycles. The monoisotopic (exact) mass is 178 g/mol. The average Bonchev–Trinajstić information content (AvgIpc) is 2.16. The van der Waals surface area contributed by atoms with E-state index >= 15 is 0 Å². The first kappa shape index (κ1) is 9.78. The van der Waals surface area contributed by atoms with Crippen molar-refractivity contribution in [3.8, 4) is 5.75 Å². The van der Waals surface area contributed by atoms with Crippen LogP contribution in [0.5, 0.6) is 5.75 Å². The van der Waals surface area contributed by atoms with Crippen LogP contribution < -0.4 is 4.74 Å². The van der Waals surface area contributed by atoms with Crippen LogP contribution in [0.2, 0.25) is 0 Å². The molecule has 0 atom stereocenters. The minimum absolute atomic E-state index is 0.457. The van der Waals surface area contributed by atoms with Crippen molar-refractivity contribution in [2.75, 3.05) is 0 Å². The number of unbranched alkanes of at least 4 members (excludes halogenated alkanes) is 1. The molecule has 0 fully saturated rings. The predicted octanol–water partition coefficient (Wildman–Crippen LogP) is 2.56. The van der Waals surface area contributed by atoms with E-state index in [4.69, 9.17) is 4.74 Å². The molecule has 70 valence electrons. The standard InChI is InChI=1S/C11H14O2/c1-2-3-5-10-6-4-7-11(8-10)13-9-12/h4,6-9H,2-3,5H2,1H3. The van der Waals surface area contributed by atoms with Crippen molar-refractivity contribution in [1.29, 1.82) is 0 Å². The molecule has 0 spiro atoms. The van der Waals surface area contributed by atoms with Gasteiger partial charge in [-0.1, -0.05) is 25.5 Å². The van der Waals surface area contributed by atoms with Crippen LogP contribution in [-0.4, -0.2) is 6.47 Å². The van der Waals surface area contributed by atoms with Gasteiger partial charge in [-0.3, -0.25) is 4.79 Å². The van der Waals surface area contributed by atoms with Gasteiger partial charge in [0.15, 0.2) is 0 Å². The second kappa shape index (κ2) is 5.36. The van der Waals surface area contributed by atoms with Crippen molar-refractivity contribution in [3.63, 3.8) is 0 Å². The number of ether oxygens (including phenoxy) is 1. The van der Waals surface area contributed by atoms with Crippen molar-refractivity contribution < 1.29 is 9.53 Å². The summed E-state index contributed by atoms with van der Waals surface area (Å²) in [7, 11) is 0. The van der Waals surface area contributed by atoms with Gasteiger partial charge in [0.2, 0.25) is 0 Å². The summed E-state index contributed by atoms with van der Waals surface area (Å²) in [5, 5.41) is 0. The van der Waals surface area contributed by atoms with Gasteiger partial charge in [-0.15, -0.1) is 0 Å². The summed E-state index contributed by atoms with van der Waals surface area (Å²) in [5.41, 5.74) is 1.22. The van der Waals surface area contributed by atoms with Gasteiger partial charge in [0, 0.05) is 0 Å². The van der Waals surface area contributed by atoms with Crippen LogP contribution >= 0.6 is 0 Å². The first-order valence-corrected chi connectivity index (χ1v) is 4.56. The van der Waals surface area contributed by atoms with Crippen molar-refractivity contribution in [3.05, 3.63) is 29.8 Å². The third kappa shape index (κ3) is 3.28. The Morgan fingerprint density at radius 2 is 2.31 bits per heavy atom. The molecule has 0 saturated carbocycles. The Morgan fingerprint density at radius 3 is 3.00 bits per heavy atom. The zero-order chi connectivity index (χ0) is 9.52. The summed E-state index contributed by atoms with van der Waals surface area (Å²) in [5.74, 6) is 0.628. The second-order valence-corrected chi connectivity index (χ2v) is 2.97. The SMILES string of the molecule is CCCCc1cccc(OC=O)c1. The molecule has 2 nitrogen and oxygen atoms in total. The molecule has 0 aromatic heterocycles. The zero-order valence-corrected chi connectivity index (χ0v) is 7.82. The van der Waals surface area contributed by atoms with E-state index in [9.17, 15) is 4.79 Å². The van der Waals surface area contributed by atoms with Crippen molar-refractivity contribution in [1.82, 2.24) is 0 Å². The summed E-state index contributed by atoms with van der Waals surface area (Å²) in [6, 6.07) is 7.64. The number of carbonyl (C=O) groups is 1. The van der Waals surface area contributed by atoms with E-state index in [2.05, 4.69) is 6.92 Å². The molecule has 13 heavy (non-hydrogen) atoms. The lowest BCUT2D eigenvalue weighted by molar-refractivity contribution is -0.120. The minimum atomic E-state index is 0.457. The van der Waals surface area contributed by atoms with Crippen LogP contribution in [0.15, 0.2) is 24.3 Å². The molecule has 0 aliphatic rings. The molecule has 0 aliphatic heterocycles. The lowest BCUT2D eigenvalue weighted by Crippen LogP contribution is -1.90. The van der Waals surface area contributed by atoms with Gasteiger partial charge >= 0.3 is 0 Å². The first-order chi connectivity index (χ1) is 6.36. The van der Waals surface area contributed by atoms with E-state index in [0.29, 0.717) is 12.2 Å². The fraction of sp³-hybridized carbons (Fsp3) is 0.364. The Balaban J connectivity index is 2.61. The van der Waals surface area contributed by atoms with Gasteiger partial charge in [0.05, 0.1) is 0 Å². The lowest BCUT2D eigenvalue weighted by Gasteiger charge is -2.01. The van der Waals surface area contributed by atoms with Gasteiger partial charge in [0.1, 0.15) is 5.75 Å². The third-order valence-electron chi connectivity index (χ3n) is 1.90. The molecule has 1 aromatic carbocycles. The maximum atomic E-state index is 10.1. The molecule has 0 heterocycles. The Bertz CT molecular complexity index is 269. The highest BCUT2D eigenvalue weighted by atomic mass is 16.5. The molecule has 0 aliphatic carbocycles. The predicted molar refractivity (Wildman–Crippen MR) is 51.7 cm³/mol. The van der Waals surface area contributed by atoms with E-state index in [1.165, 1.54) is 18.4 Å². The summed E-state index contributed by atoms with van der Waals surface area (Å²) >= 11 is 0. The molecule has 0 amide bonds. The smallest absolute Gasteiger partial charge is 0.298 e. The number of aryl methyl sites for hydroxylation is 1. The van der Waals surface area contributed by atoms with E-state index in [1.54, 1.807) is 6.07 Å². The van der Waals surface area contributed by atoms with E-state index in [0.717, 1.165) is 6.42 Å². The Kier molecular flexibility index (Phi) is 4.03. The number of carbonyl (C=O) groups excluding carboxylic acids is 1. The Morgan fingerprint density at radius 1 is 1.46 bits per heavy atom. The van der Waals surface area contributed by atoms with Crippen LogP contribution in [0.25, 0.3) is 0 Å². The summed E-state index contributed by atoms with van der Waals surface area (Å²) < 4.78 is 4.75. The molecule has 0 bridgehead atoms. The topological polar surface area (TPSA) is 26.3 Å². The van der Waals surface area contributed by atoms with Crippen LogP contribution in [0, 0.1) is 0 Å². The van der Waals surface area contributed by atoms with Gasteiger partial charge in [-0.25, -0.2) is 0 Å². The molecular weight excluding hydrogens is 164 g/mol. The van der Waals surface area contributed by atoms with E-state index in [-0.39, 0.29) is 0 Å². The number of hydrogen-bond donors (Lipinski definition) is 0. The van der Waals surface area contributed by atoms with Crippen LogP contribution in [0.4, 0.5) is 0 Å². The van der Waals surface area contributed by atoms with E-state index < -0.39 is 0 Å². The number of rotatable bonds is 5. The van der Waals surface area contributed by atoms with Gasteiger partial charge in [-0.05, 0) is 30.5 Å². The number of hydrogen-bond acceptors (Lipinski definition) is 2. The third-order valence-corrected chi connectivity index (χ3v) is 1.90. The highest BCUT2D eigenvalue weighted by Gasteiger charge is 1.95. The Labute approximate surface area is 78.5 Å². The molecule has 2 heteroatoms. The van der Waals surface area contributed by atoms with Gasteiger partial charge < -0.3 is 4.74 Å². The molecule has 0 radical (unpaired) electrons. The van der Waals surface area contributed by atoms with Gasteiger partial charge in [0.25, 0.3) is 6.47 Å². The second-order valence-electron chi connectivity index (χ2n) is 2.97. The number of benzene rings is 1. The fourth-order valence-corrected chi connectivity index (χ4v) is 1.21. The van der Waals surface area contributed by atoms with Crippen molar-refractivity contribution in [2.24, 2.45) is 0 Å². The largest absolute Gasteiger partial charge is 0.429 e. The van der Waals surface area contributed by atoms with Crippen molar-refractivity contribution in [2.45, 2.75) is 26.2 Å². The quantitative estimate of drug-likeness (QED) is 0.648. The van der Waals surface area contributed by atoms with Gasteiger partial charge in [-0.2, -0.15) is 0 Å². The van der Waals surface area contributed by atoms with Crippen LogP contribution in [0.1, 0.15) is 25.3 Å². The molecule has 0 N–H and O–H groups in total. The summed E-state index contributed by atoms with van der Waals surface area (Å²) in [6.07, 6.45) is 3.40. The first-order valence-electron chi connectivity index (χ1n) is 4.56. The van der Waals surface area contributed by atoms with Crippen LogP contribution in [-0.2, 0) is 11.2 Å². The molecule has 0 unspecified atom stereocenters. The minimum Gasteiger partial charge on any atom is -0.429 e. The molecular formula is C11H14O2. The summed E-state index contributed by atoms with van der Waals surface area (Å²) in [4.78, 5) is 10.1. The molecule has 1 rings (SSSR count). The van der Waals surface area contributed by atoms with Crippen LogP contribution in [0.3, 0.4) is 0 Å². The van der Waals surface area contributed by atoms with E-state index in [1.807, 2.05) is 18.2 Å². The zero-order valence-electron chi connectivity index (χ0n) is 7.82.